The fourth-order valence-electron chi connectivity index (χ4n) is 3.17. The normalized spacial score (nSPS) is 29.4. The summed E-state index contributed by atoms with van der Waals surface area (Å²) in [6, 6.07) is 6.54. The number of aliphatic hydroxyl groups is 2. The summed E-state index contributed by atoms with van der Waals surface area (Å²) in [5.41, 5.74) is 0.658. The summed E-state index contributed by atoms with van der Waals surface area (Å²) in [5.74, 6) is -0.257. The molecule has 3 rings (SSSR count). The third-order valence-electron chi connectivity index (χ3n) is 4.31. The van der Waals surface area contributed by atoms with Gasteiger partial charge in [-0.15, -0.1) is 0 Å². The van der Waals surface area contributed by atoms with Crippen molar-refractivity contribution < 1.29 is 19.3 Å². The van der Waals surface area contributed by atoms with E-state index in [-0.39, 0.29) is 23.9 Å². The third kappa shape index (κ3) is 2.59. The molecule has 20 heavy (non-hydrogen) atoms. The molecule has 5 heteroatoms. The van der Waals surface area contributed by atoms with E-state index in [1.165, 1.54) is 12.1 Å². The molecule has 1 aromatic rings. The van der Waals surface area contributed by atoms with E-state index in [9.17, 15) is 14.6 Å². The Labute approximate surface area is 117 Å². The predicted molar refractivity (Wildman–Crippen MR) is 71.7 cm³/mol. The van der Waals surface area contributed by atoms with Gasteiger partial charge in [-0.2, -0.15) is 0 Å². The number of rotatable bonds is 4. The van der Waals surface area contributed by atoms with Crippen LogP contribution in [-0.4, -0.2) is 54.1 Å². The molecule has 0 saturated carbocycles. The van der Waals surface area contributed by atoms with Gasteiger partial charge in [0, 0.05) is 19.1 Å². The van der Waals surface area contributed by atoms with Crippen molar-refractivity contribution in [3.63, 3.8) is 0 Å². The molecule has 2 saturated heterocycles. The van der Waals surface area contributed by atoms with E-state index < -0.39 is 6.10 Å². The van der Waals surface area contributed by atoms with E-state index >= 15 is 0 Å². The zero-order valence-corrected chi connectivity index (χ0v) is 11.3. The summed E-state index contributed by atoms with van der Waals surface area (Å²) >= 11 is 0. The van der Waals surface area contributed by atoms with Crippen LogP contribution in [0.25, 0.3) is 0 Å². The summed E-state index contributed by atoms with van der Waals surface area (Å²) in [6.07, 6.45) is 0.200. The molecule has 0 spiro atoms. The van der Waals surface area contributed by atoms with Gasteiger partial charge in [0.05, 0.1) is 31.3 Å². The molecule has 2 aliphatic rings. The highest BCUT2D eigenvalue weighted by Gasteiger charge is 2.43. The Bertz CT molecular complexity index is 472. The Kier molecular flexibility index (Phi) is 3.77. The van der Waals surface area contributed by atoms with Crippen LogP contribution in [0.2, 0.25) is 0 Å². The molecule has 4 nitrogen and oxygen atoms in total. The highest BCUT2D eigenvalue weighted by atomic mass is 19.1. The number of aliphatic hydroxyl groups excluding tert-OH is 2. The lowest BCUT2D eigenvalue weighted by Gasteiger charge is -2.43. The van der Waals surface area contributed by atoms with Gasteiger partial charge in [-0.05, 0) is 24.1 Å². The smallest absolute Gasteiger partial charge is 0.123 e. The van der Waals surface area contributed by atoms with Crippen molar-refractivity contribution >= 4 is 0 Å². The van der Waals surface area contributed by atoms with Crippen LogP contribution in [0.1, 0.15) is 18.0 Å². The van der Waals surface area contributed by atoms with Gasteiger partial charge in [0.2, 0.25) is 0 Å². The van der Waals surface area contributed by atoms with Gasteiger partial charge >= 0.3 is 0 Å². The fraction of sp³-hybridized carbons (Fsp3) is 0.600. The van der Waals surface area contributed by atoms with Crippen molar-refractivity contribution in [2.45, 2.75) is 18.6 Å². The molecule has 0 bridgehead atoms. The Morgan fingerprint density at radius 2 is 2.20 bits per heavy atom. The maximum absolute atomic E-state index is 13.4. The molecule has 0 radical (unpaired) electrons. The predicted octanol–water partition coefficient (Wildman–Crippen LogP) is 0.942. The van der Waals surface area contributed by atoms with Gasteiger partial charge in [0.25, 0.3) is 0 Å². The van der Waals surface area contributed by atoms with Crippen LogP contribution >= 0.6 is 0 Å². The monoisotopic (exact) mass is 281 g/mol. The van der Waals surface area contributed by atoms with E-state index in [2.05, 4.69) is 4.90 Å². The second kappa shape index (κ2) is 5.41. The van der Waals surface area contributed by atoms with Crippen molar-refractivity contribution in [2.75, 3.05) is 32.9 Å². The van der Waals surface area contributed by atoms with Crippen LogP contribution in [0.15, 0.2) is 24.3 Å². The minimum Gasteiger partial charge on any atom is -0.396 e. The van der Waals surface area contributed by atoms with Gasteiger partial charge in [0.15, 0.2) is 0 Å². The van der Waals surface area contributed by atoms with Gasteiger partial charge in [-0.1, -0.05) is 12.1 Å². The number of hydrogen-bond acceptors (Lipinski definition) is 4. The Balaban J connectivity index is 1.78. The van der Waals surface area contributed by atoms with Gasteiger partial charge < -0.3 is 14.9 Å². The lowest BCUT2D eigenvalue weighted by molar-refractivity contribution is -0.150. The van der Waals surface area contributed by atoms with E-state index in [0.29, 0.717) is 32.7 Å². The lowest BCUT2D eigenvalue weighted by Crippen LogP contribution is -2.53. The molecule has 2 heterocycles. The maximum atomic E-state index is 13.4. The first-order valence-electron chi connectivity index (χ1n) is 6.98. The van der Waals surface area contributed by atoms with Crippen molar-refractivity contribution in [3.05, 3.63) is 35.6 Å². The van der Waals surface area contributed by atoms with Gasteiger partial charge in [-0.25, -0.2) is 4.39 Å². The van der Waals surface area contributed by atoms with Crippen LogP contribution in [0.5, 0.6) is 0 Å². The molecule has 0 aliphatic carbocycles. The first-order valence-corrected chi connectivity index (χ1v) is 6.98. The first kappa shape index (κ1) is 13.9. The standard InChI is InChI=1S/C15H20FNO3/c16-12-3-1-2-11(4-12)14-5-13(19)6-17(14)7-15(8-18)9-20-10-15/h1-4,13-14,18-19H,5-10H2. The third-order valence-corrected chi connectivity index (χ3v) is 4.31. The lowest BCUT2D eigenvalue weighted by atomic mass is 9.86. The topological polar surface area (TPSA) is 52.9 Å². The van der Waals surface area contributed by atoms with E-state index in [1.54, 1.807) is 6.07 Å². The van der Waals surface area contributed by atoms with Crippen LogP contribution in [0.4, 0.5) is 4.39 Å². The maximum Gasteiger partial charge on any atom is 0.123 e. The molecule has 2 unspecified atom stereocenters. The number of nitrogens with zero attached hydrogens (tertiary/aromatic N) is 1. The summed E-state index contributed by atoms with van der Waals surface area (Å²) < 4.78 is 18.6. The second-order valence-electron chi connectivity index (χ2n) is 6.04. The highest BCUT2D eigenvalue weighted by Crippen LogP contribution is 2.37. The second-order valence-corrected chi connectivity index (χ2v) is 6.04. The zero-order valence-electron chi connectivity index (χ0n) is 11.3. The first-order chi connectivity index (χ1) is 9.62. The molecule has 2 aliphatic heterocycles. The number of halogens is 1. The molecule has 110 valence electrons. The summed E-state index contributed by atoms with van der Waals surface area (Å²) in [4.78, 5) is 2.14. The van der Waals surface area contributed by atoms with E-state index in [0.717, 1.165) is 5.56 Å². The molecule has 2 atom stereocenters. The summed E-state index contributed by atoms with van der Waals surface area (Å²) in [6.45, 7) is 2.40. The molecule has 2 fully saturated rings. The SMILES string of the molecule is OCC1(CN2CC(O)CC2c2cccc(F)c2)COC1. The average molecular weight is 281 g/mol. The van der Waals surface area contributed by atoms with Crippen molar-refractivity contribution in [1.82, 2.24) is 4.90 Å². The van der Waals surface area contributed by atoms with Gasteiger partial charge in [0.1, 0.15) is 5.82 Å². The minimum absolute atomic E-state index is 0.00438. The van der Waals surface area contributed by atoms with E-state index in [4.69, 9.17) is 4.74 Å². The van der Waals surface area contributed by atoms with Crippen LogP contribution in [0, 0.1) is 11.2 Å². The number of likely N-dealkylation sites (tertiary alicyclic amines) is 1. The van der Waals surface area contributed by atoms with Crippen LogP contribution < -0.4 is 0 Å². The zero-order chi connectivity index (χ0) is 14.2. The van der Waals surface area contributed by atoms with E-state index in [1.807, 2.05) is 6.07 Å². The molecular formula is C15H20FNO3. The Hall–Kier alpha value is -1.01. The van der Waals surface area contributed by atoms with Crippen LogP contribution in [0.3, 0.4) is 0 Å². The molecule has 0 amide bonds. The quantitative estimate of drug-likeness (QED) is 0.862. The summed E-state index contributed by atoms with van der Waals surface area (Å²) in [7, 11) is 0. The molecule has 1 aromatic carbocycles. The number of ether oxygens (including phenoxy) is 1. The van der Waals surface area contributed by atoms with Gasteiger partial charge in [-0.3, -0.25) is 4.90 Å². The van der Waals surface area contributed by atoms with Crippen LogP contribution in [-0.2, 0) is 4.74 Å². The number of benzene rings is 1. The Morgan fingerprint density at radius 3 is 2.80 bits per heavy atom. The number of hydrogen-bond donors (Lipinski definition) is 2. The van der Waals surface area contributed by atoms with Crippen molar-refractivity contribution in [2.24, 2.45) is 5.41 Å². The molecular weight excluding hydrogens is 261 g/mol. The van der Waals surface area contributed by atoms with Crippen molar-refractivity contribution in [1.29, 1.82) is 0 Å². The molecule has 2 N–H and O–H groups in total. The van der Waals surface area contributed by atoms with Crippen molar-refractivity contribution in [3.8, 4) is 0 Å². The fourth-order valence-corrected chi connectivity index (χ4v) is 3.17. The highest BCUT2D eigenvalue weighted by molar-refractivity contribution is 5.22. The molecule has 0 aromatic heterocycles. The summed E-state index contributed by atoms with van der Waals surface area (Å²) in [5, 5.41) is 19.5. The number of β-amino-alcohol motifs (C(OH)–C–C–N with tert-alkyl or cyclic N) is 1. The Morgan fingerprint density at radius 1 is 1.40 bits per heavy atom. The average Bonchev–Trinajstić information content (AvgIpc) is 2.75. The largest absolute Gasteiger partial charge is 0.396 e. The minimum atomic E-state index is -0.403.